The molecule has 8 rings (SSSR count). The summed E-state index contributed by atoms with van der Waals surface area (Å²) in [5.74, 6) is 2.50. The molecule has 4 N–H and O–H groups in total. The number of aliphatic hydroxyl groups excluding tert-OH is 1. The topological polar surface area (TPSA) is 129 Å². The van der Waals surface area contributed by atoms with Gasteiger partial charge in [0.1, 0.15) is 28.3 Å². The number of benzene rings is 5. The van der Waals surface area contributed by atoms with E-state index in [1.165, 1.54) is 17.3 Å². The van der Waals surface area contributed by atoms with Crippen molar-refractivity contribution < 1.29 is 28.8 Å². The Bertz CT molecular complexity index is 2680. The summed E-state index contributed by atoms with van der Waals surface area (Å²) < 4.78 is 26.1. The summed E-state index contributed by atoms with van der Waals surface area (Å²) >= 11 is 0. The number of aryl methyl sites for hydroxylation is 3. The van der Waals surface area contributed by atoms with Gasteiger partial charge < -0.3 is 44.0 Å². The first-order chi connectivity index (χ1) is 30.9. The van der Waals surface area contributed by atoms with Crippen LogP contribution < -0.4 is 29.9 Å². The molecule has 0 radical (unpaired) electrons. The number of ether oxygens (including phenoxy) is 3. The third-order valence-electron chi connectivity index (χ3n) is 11.5. The van der Waals surface area contributed by atoms with Crippen molar-refractivity contribution in [1.29, 1.82) is 0 Å². The molecule has 10 nitrogen and oxygen atoms in total. The highest BCUT2D eigenvalue weighted by atomic mass is 16.5. The van der Waals surface area contributed by atoms with Crippen molar-refractivity contribution in [2.24, 2.45) is 0 Å². The Morgan fingerprint density at radius 3 is 2.25 bits per heavy atom. The van der Waals surface area contributed by atoms with E-state index in [2.05, 4.69) is 64.6 Å². The van der Waals surface area contributed by atoms with Crippen LogP contribution in [0, 0.1) is 0 Å². The number of aromatic hydroxyl groups is 1. The highest BCUT2D eigenvalue weighted by molar-refractivity contribution is 5.93. The van der Waals surface area contributed by atoms with Gasteiger partial charge in [-0.3, -0.25) is 4.79 Å². The Morgan fingerprint density at radius 2 is 1.51 bits per heavy atom. The van der Waals surface area contributed by atoms with Crippen molar-refractivity contribution in [1.82, 2.24) is 10.3 Å². The van der Waals surface area contributed by atoms with Gasteiger partial charge in [0.25, 0.3) is 0 Å². The Hall–Kier alpha value is -6.75. The van der Waals surface area contributed by atoms with Crippen molar-refractivity contribution in [2.45, 2.75) is 45.1 Å². The average molecular weight is 846 g/mol. The van der Waals surface area contributed by atoms with Gasteiger partial charge in [0.15, 0.2) is 16.9 Å². The number of aliphatic hydroxyl groups is 1. The molecule has 1 atom stereocenters. The van der Waals surface area contributed by atoms with Gasteiger partial charge in [0, 0.05) is 67.5 Å². The number of nitrogens with zero attached hydrogens (tertiary/aromatic N) is 1. The van der Waals surface area contributed by atoms with E-state index in [1.54, 1.807) is 37.5 Å². The largest absolute Gasteiger partial charge is 0.508 e. The summed E-state index contributed by atoms with van der Waals surface area (Å²) in [5, 5.41) is 24.7. The predicted octanol–water partition coefficient (Wildman–Crippen LogP) is 9.39. The Morgan fingerprint density at radius 1 is 0.778 bits per heavy atom. The number of hydrogen-bond acceptors (Lipinski definition) is 9. The van der Waals surface area contributed by atoms with Crippen LogP contribution in [0.5, 0.6) is 23.0 Å². The molecule has 1 saturated heterocycles. The summed E-state index contributed by atoms with van der Waals surface area (Å²) in [6, 6.07) is 38.8. The van der Waals surface area contributed by atoms with E-state index in [0.717, 1.165) is 60.7 Å². The molecule has 1 unspecified atom stereocenters. The number of phenolic OH excluding ortho intramolecular Hbond substituents is 1. The van der Waals surface area contributed by atoms with Crippen LogP contribution in [0.25, 0.3) is 39.5 Å². The quantitative estimate of drug-likeness (QED) is 0.0668. The maximum absolute atomic E-state index is 14.5. The predicted molar refractivity (Wildman–Crippen MR) is 251 cm³/mol. The molecule has 0 aliphatic carbocycles. The molecule has 63 heavy (non-hydrogen) atoms. The molecule has 7 aromatic rings. The molecule has 2 aromatic heterocycles. The number of piperazine rings is 1. The second-order valence-corrected chi connectivity index (χ2v) is 15.8. The molecule has 0 amide bonds. The molecule has 10 heteroatoms. The number of methoxy groups -OCH3 is 1. The smallest absolute Gasteiger partial charge is 0.204 e. The van der Waals surface area contributed by atoms with Gasteiger partial charge in [-0.25, -0.2) is 0 Å². The maximum Gasteiger partial charge on any atom is 0.204 e. The third kappa shape index (κ3) is 10.3. The van der Waals surface area contributed by atoms with Gasteiger partial charge in [-0.05, 0) is 71.8 Å². The number of fused-ring (bicyclic) bond motifs is 1. The zero-order valence-electron chi connectivity index (χ0n) is 35.9. The van der Waals surface area contributed by atoms with Crippen molar-refractivity contribution in [3.63, 3.8) is 0 Å². The number of hydrogen-bond donors (Lipinski definition) is 4. The molecule has 3 heterocycles. The minimum Gasteiger partial charge on any atom is -0.508 e. The lowest BCUT2D eigenvalue weighted by molar-refractivity contribution is 0.176. The number of aromatic nitrogens is 1. The second kappa shape index (κ2) is 20.4. The van der Waals surface area contributed by atoms with Crippen LogP contribution >= 0.6 is 0 Å². The molecule has 0 spiro atoms. The van der Waals surface area contributed by atoms with Crippen LogP contribution in [0.15, 0.2) is 137 Å². The van der Waals surface area contributed by atoms with Crippen molar-refractivity contribution in [3.8, 4) is 45.4 Å². The molecule has 0 saturated carbocycles. The second-order valence-electron chi connectivity index (χ2n) is 15.8. The zero-order chi connectivity index (χ0) is 43.5. The van der Waals surface area contributed by atoms with Crippen LogP contribution in [0.1, 0.15) is 41.3 Å². The van der Waals surface area contributed by atoms with Crippen LogP contribution in [0.3, 0.4) is 0 Å². The first-order valence-corrected chi connectivity index (χ1v) is 21.9. The molecule has 324 valence electrons. The molecule has 0 bridgehead atoms. The summed E-state index contributed by atoms with van der Waals surface area (Å²) in [4.78, 5) is 20.6. The van der Waals surface area contributed by atoms with Crippen LogP contribution in [-0.4, -0.2) is 67.8 Å². The fourth-order valence-electron chi connectivity index (χ4n) is 8.14. The first-order valence-electron chi connectivity index (χ1n) is 21.9. The highest BCUT2D eigenvalue weighted by Crippen LogP contribution is 2.47. The maximum atomic E-state index is 14.5. The number of nitrogens with one attached hydrogen (secondary N) is 2. The third-order valence-corrected chi connectivity index (χ3v) is 11.5. The van der Waals surface area contributed by atoms with E-state index in [-0.39, 0.29) is 35.3 Å². The number of aromatic amines is 1. The number of rotatable bonds is 18. The fourth-order valence-corrected chi connectivity index (χ4v) is 8.14. The van der Waals surface area contributed by atoms with Gasteiger partial charge in [-0.2, -0.15) is 0 Å². The molecular weight excluding hydrogens is 791 g/mol. The Kier molecular flexibility index (Phi) is 13.9. The average Bonchev–Trinajstić information content (AvgIpc) is 3.77. The Balaban J connectivity index is 1.19. The van der Waals surface area contributed by atoms with Crippen LogP contribution in [0.2, 0.25) is 0 Å². The van der Waals surface area contributed by atoms with Crippen molar-refractivity contribution >= 4 is 22.9 Å². The van der Waals surface area contributed by atoms with Gasteiger partial charge in [-0.1, -0.05) is 104 Å². The number of phenols is 1. The van der Waals surface area contributed by atoms with E-state index < -0.39 is 6.10 Å². The minimum absolute atomic E-state index is 0.0787. The normalized spacial score (nSPS) is 13.4. The zero-order valence-corrected chi connectivity index (χ0v) is 35.9. The molecule has 1 fully saturated rings. The molecule has 1 aliphatic heterocycles. The van der Waals surface area contributed by atoms with Gasteiger partial charge in [0.2, 0.25) is 5.75 Å². The SMILES string of the molecule is CCc1cc(-c2cccc(CCc3c(OCCc4ccccc4)c(OC)c(OCCC(O)C=Cc4ccccc4)c4c(=O)cc(-c5ccc(O)cc5)oc34)c2)c(N2CCNCC2)[nH]1. The summed E-state index contributed by atoms with van der Waals surface area (Å²) in [6.45, 7) is 6.31. The van der Waals surface area contributed by atoms with E-state index >= 15 is 0 Å². The highest BCUT2D eigenvalue weighted by Gasteiger charge is 2.28. The van der Waals surface area contributed by atoms with Crippen molar-refractivity contribution in [2.75, 3.05) is 51.4 Å². The minimum atomic E-state index is -0.802. The lowest BCUT2D eigenvalue weighted by Gasteiger charge is -2.29. The van der Waals surface area contributed by atoms with Crippen LogP contribution in [-0.2, 0) is 25.7 Å². The van der Waals surface area contributed by atoms with Crippen LogP contribution in [0.4, 0.5) is 5.82 Å². The van der Waals surface area contributed by atoms with E-state index in [9.17, 15) is 15.0 Å². The molecule has 5 aromatic carbocycles. The lowest BCUT2D eigenvalue weighted by Crippen LogP contribution is -2.43. The van der Waals surface area contributed by atoms with Gasteiger partial charge in [0.05, 0.1) is 26.4 Å². The van der Waals surface area contributed by atoms with Crippen molar-refractivity contribution in [3.05, 3.63) is 166 Å². The summed E-state index contributed by atoms with van der Waals surface area (Å²) in [6.07, 6.45) is 5.63. The standard InChI is InChI=1S/C53H55N3O7/c1-3-41-34-45(53(55-41)56-29-27-54-28-30-56)40-16-10-15-38(33-40)18-24-44-49-48(46(59)35-47(63-49)39-19-22-42(57)23-20-39)51(62-32-26-43(58)21-17-36-11-6-4-7-12-36)52(60-2)50(44)61-31-25-37-13-8-5-9-14-37/h4-17,19-23,33-35,43,54-55,57-58H,3,18,24-32H2,1-2H3. The van der Waals surface area contributed by atoms with E-state index in [0.29, 0.717) is 59.8 Å². The van der Waals surface area contributed by atoms with E-state index in [1.807, 2.05) is 54.6 Å². The number of anilines is 1. The first kappa shape index (κ1) is 42.9. The number of H-pyrrole nitrogens is 1. The molecule has 1 aliphatic rings. The van der Waals surface area contributed by atoms with Gasteiger partial charge in [-0.15, -0.1) is 0 Å². The summed E-state index contributed by atoms with van der Waals surface area (Å²) in [7, 11) is 1.55. The fraction of sp³-hybridized carbons (Fsp3) is 0.264. The van der Waals surface area contributed by atoms with E-state index in [4.69, 9.17) is 18.6 Å². The summed E-state index contributed by atoms with van der Waals surface area (Å²) in [5.41, 5.74) is 8.00. The van der Waals surface area contributed by atoms with Gasteiger partial charge >= 0.3 is 0 Å². The lowest BCUT2D eigenvalue weighted by atomic mass is 9.97. The monoisotopic (exact) mass is 845 g/mol. The molecular formula is C53H55N3O7. The Labute approximate surface area is 368 Å².